The lowest BCUT2D eigenvalue weighted by Gasteiger charge is -2.11. The van der Waals surface area contributed by atoms with E-state index in [1.807, 2.05) is 39.0 Å². The molecule has 0 aliphatic rings. The Bertz CT molecular complexity index is 380. The van der Waals surface area contributed by atoms with E-state index in [4.69, 9.17) is 4.74 Å². The minimum absolute atomic E-state index is 0.195. The Morgan fingerprint density at radius 1 is 1.39 bits per heavy atom. The monoisotopic (exact) mass is 269 g/mol. The van der Waals surface area contributed by atoms with E-state index in [0.717, 1.165) is 30.3 Å². The van der Waals surface area contributed by atoms with Gasteiger partial charge in [0.2, 0.25) is 0 Å². The maximum absolute atomic E-state index is 11.2. The zero-order chi connectivity index (χ0) is 13.4. The number of benzene rings is 1. The van der Waals surface area contributed by atoms with Gasteiger partial charge in [-0.2, -0.15) is 0 Å². The van der Waals surface area contributed by atoms with Crippen LogP contribution >= 0.6 is 0 Å². The lowest BCUT2D eigenvalue weighted by atomic mass is 10.2. The predicted octanol–water partition coefficient (Wildman–Crippen LogP) is 2.33. The SMILES string of the molecule is CCS(=O)CCNCc1cccc(OC(C)C)c1. The second-order valence-corrected chi connectivity index (χ2v) is 6.29. The van der Waals surface area contributed by atoms with E-state index in [0.29, 0.717) is 0 Å². The Balaban J connectivity index is 2.35. The number of nitrogens with one attached hydrogen (secondary N) is 1. The third-order valence-corrected chi connectivity index (χ3v) is 3.73. The fraction of sp³-hybridized carbons (Fsp3) is 0.571. The number of hydrogen-bond donors (Lipinski definition) is 1. The van der Waals surface area contributed by atoms with Gasteiger partial charge in [-0.25, -0.2) is 0 Å². The Morgan fingerprint density at radius 3 is 2.83 bits per heavy atom. The highest BCUT2D eigenvalue weighted by molar-refractivity contribution is 7.84. The Labute approximate surface area is 112 Å². The van der Waals surface area contributed by atoms with Crippen LogP contribution in [0, 0.1) is 0 Å². The first kappa shape index (κ1) is 15.2. The van der Waals surface area contributed by atoms with Crippen LogP contribution in [0.3, 0.4) is 0 Å². The highest BCUT2D eigenvalue weighted by Crippen LogP contribution is 2.14. The summed E-state index contributed by atoms with van der Waals surface area (Å²) in [5, 5.41) is 3.30. The normalized spacial score (nSPS) is 12.7. The van der Waals surface area contributed by atoms with Gasteiger partial charge in [0, 0.05) is 35.4 Å². The van der Waals surface area contributed by atoms with Crippen LogP contribution in [0.4, 0.5) is 0 Å². The van der Waals surface area contributed by atoms with Crippen LogP contribution in [-0.2, 0) is 17.3 Å². The Kier molecular flexibility index (Phi) is 6.98. The first-order valence-corrected chi connectivity index (χ1v) is 7.92. The summed E-state index contributed by atoms with van der Waals surface area (Å²) in [7, 11) is -0.684. The van der Waals surface area contributed by atoms with Crippen molar-refractivity contribution in [2.45, 2.75) is 33.4 Å². The fourth-order valence-corrected chi connectivity index (χ4v) is 2.22. The average molecular weight is 269 g/mol. The molecule has 1 unspecified atom stereocenters. The summed E-state index contributed by atoms with van der Waals surface area (Å²) in [6.45, 7) is 7.56. The molecule has 1 rings (SSSR count). The van der Waals surface area contributed by atoms with Crippen molar-refractivity contribution in [1.29, 1.82) is 0 Å². The lowest BCUT2D eigenvalue weighted by Crippen LogP contribution is -2.20. The van der Waals surface area contributed by atoms with Crippen molar-refractivity contribution in [1.82, 2.24) is 5.32 Å². The van der Waals surface area contributed by atoms with Crippen molar-refractivity contribution in [3.63, 3.8) is 0 Å². The zero-order valence-electron chi connectivity index (χ0n) is 11.4. The van der Waals surface area contributed by atoms with E-state index in [1.54, 1.807) is 0 Å². The largest absolute Gasteiger partial charge is 0.491 e. The first-order chi connectivity index (χ1) is 8.61. The van der Waals surface area contributed by atoms with Crippen LogP contribution in [0.25, 0.3) is 0 Å². The summed E-state index contributed by atoms with van der Waals surface area (Å²) in [4.78, 5) is 0. The molecule has 0 saturated carbocycles. The molecule has 0 saturated heterocycles. The maximum atomic E-state index is 11.2. The molecule has 1 N–H and O–H groups in total. The third-order valence-electron chi connectivity index (χ3n) is 2.43. The van der Waals surface area contributed by atoms with Gasteiger partial charge in [-0.3, -0.25) is 4.21 Å². The zero-order valence-corrected chi connectivity index (χ0v) is 12.3. The summed E-state index contributed by atoms with van der Waals surface area (Å²) >= 11 is 0. The van der Waals surface area contributed by atoms with Crippen LogP contribution in [0.1, 0.15) is 26.3 Å². The quantitative estimate of drug-likeness (QED) is 0.736. The molecule has 1 atom stereocenters. The van der Waals surface area contributed by atoms with Crippen LogP contribution in [0.5, 0.6) is 5.75 Å². The predicted molar refractivity (Wildman–Crippen MR) is 77.5 cm³/mol. The van der Waals surface area contributed by atoms with Crippen molar-refractivity contribution in [3.05, 3.63) is 29.8 Å². The van der Waals surface area contributed by atoms with E-state index in [2.05, 4.69) is 11.4 Å². The van der Waals surface area contributed by atoms with Crippen molar-refractivity contribution in [2.24, 2.45) is 0 Å². The molecule has 1 aromatic carbocycles. The molecule has 4 heteroatoms. The molecule has 1 aromatic rings. The smallest absolute Gasteiger partial charge is 0.120 e. The molecule has 0 bridgehead atoms. The summed E-state index contributed by atoms with van der Waals surface area (Å²) in [5.41, 5.74) is 1.19. The molecule has 0 fully saturated rings. The average Bonchev–Trinajstić information content (AvgIpc) is 2.34. The van der Waals surface area contributed by atoms with Crippen molar-refractivity contribution < 1.29 is 8.95 Å². The van der Waals surface area contributed by atoms with E-state index in [1.165, 1.54) is 5.56 Å². The molecule has 0 radical (unpaired) electrons. The highest BCUT2D eigenvalue weighted by Gasteiger charge is 2.00. The molecule has 18 heavy (non-hydrogen) atoms. The van der Waals surface area contributed by atoms with Gasteiger partial charge in [0.1, 0.15) is 5.75 Å². The van der Waals surface area contributed by atoms with Gasteiger partial charge >= 0.3 is 0 Å². The summed E-state index contributed by atoms with van der Waals surface area (Å²) in [5.74, 6) is 2.36. The van der Waals surface area contributed by atoms with E-state index in [9.17, 15) is 4.21 Å². The molecule has 0 heterocycles. The number of hydrogen-bond acceptors (Lipinski definition) is 3. The molecule has 0 aliphatic carbocycles. The fourth-order valence-electron chi connectivity index (χ4n) is 1.56. The first-order valence-electron chi connectivity index (χ1n) is 6.43. The van der Waals surface area contributed by atoms with Crippen LogP contribution in [0.15, 0.2) is 24.3 Å². The van der Waals surface area contributed by atoms with E-state index in [-0.39, 0.29) is 6.10 Å². The molecule has 3 nitrogen and oxygen atoms in total. The van der Waals surface area contributed by atoms with Gasteiger partial charge in [-0.15, -0.1) is 0 Å². The highest BCUT2D eigenvalue weighted by atomic mass is 32.2. The number of ether oxygens (including phenoxy) is 1. The van der Waals surface area contributed by atoms with Gasteiger partial charge in [0.25, 0.3) is 0 Å². The third kappa shape index (κ3) is 6.17. The minimum atomic E-state index is -0.684. The second-order valence-electron chi connectivity index (χ2n) is 4.42. The molecule has 0 spiro atoms. The van der Waals surface area contributed by atoms with Crippen LogP contribution < -0.4 is 10.1 Å². The summed E-state index contributed by atoms with van der Waals surface area (Å²) in [6, 6.07) is 8.08. The van der Waals surface area contributed by atoms with Gasteiger partial charge in [-0.05, 0) is 31.5 Å². The topological polar surface area (TPSA) is 38.3 Å². The van der Waals surface area contributed by atoms with E-state index < -0.39 is 10.8 Å². The van der Waals surface area contributed by atoms with Crippen LogP contribution in [0.2, 0.25) is 0 Å². The standard InChI is InChI=1S/C14H23NO2S/c1-4-18(16)9-8-15-11-13-6-5-7-14(10-13)17-12(2)3/h5-7,10,12,15H,4,8-9,11H2,1-3H3. The summed E-state index contributed by atoms with van der Waals surface area (Å²) < 4.78 is 16.9. The van der Waals surface area contributed by atoms with Gasteiger partial charge in [-0.1, -0.05) is 19.1 Å². The molecule has 102 valence electrons. The van der Waals surface area contributed by atoms with Gasteiger partial charge in [0.15, 0.2) is 0 Å². The maximum Gasteiger partial charge on any atom is 0.120 e. The summed E-state index contributed by atoms with van der Waals surface area (Å²) in [6.07, 6.45) is 0.195. The van der Waals surface area contributed by atoms with Crippen molar-refractivity contribution >= 4 is 10.8 Å². The second kappa shape index (κ2) is 8.27. The molecular formula is C14H23NO2S. The van der Waals surface area contributed by atoms with Crippen molar-refractivity contribution in [3.8, 4) is 5.75 Å². The molecule has 0 amide bonds. The lowest BCUT2D eigenvalue weighted by molar-refractivity contribution is 0.242. The molecule has 0 aromatic heterocycles. The van der Waals surface area contributed by atoms with Gasteiger partial charge in [0.05, 0.1) is 6.10 Å². The number of rotatable bonds is 8. The minimum Gasteiger partial charge on any atom is -0.491 e. The molecule has 0 aliphatic heterocycles. The Hall–Kier alpha value is -0.870. The van der Waals surface area contributed by atoms with Crippen molar-refractivity contribution in [2.75, 3.05) is 18.1 Å². The van der Waals surface area contributed by atoms with E-state index >= 15 is 0 Å². The Morgan fingerprint density at radius 2 is 2.17 bits per heavy atom. The van der Waals surface area contributed by atoms with Crippen LogP contribution in [-0.4, -0.2) is 28.4 Å². The molecular weight excluding hydrogens is 246 g/mol. The van der Waals surface area contributed by atoms with Gasteiger partial charge < -0.3 is 10.1 Å².